The van der Waals surface area contributed by atoms with Crippen molar-refractivity contribution in [2.75, 3.05) is 12.4 Å². The molecule has 4 rings (SSSR count). The predicted molar refractivity (Wildman–Crippen MR) is 114 cm³/mol. The zero-order valence-corrected chi connectivity index (χ0v) is 17.2. The van der Waals surface area contributed by atoms with Crippen molar-refractivity contribution in [2.45, 2.75) is 6.92 Å². The highest BCUT2D eigenvalue weighted by Gasteiger charge is 2.16. The van der Waals surface area contributed by atoms with Gasteiger partial charge in [0.2, 0.25) is 5.55 Å². The maximum absolute atomic E-state index is 12.9. The zero-order chi connectivity index (χ0) is 20.4. The van der Waals surface area contributed by atoms with Gasteiger partial charge in [0.15, 0.2) is 16.5 Å². The minimum atomic E-state index is -0.363. The molecule has 2 aromatic carbocycles. The van der Waals surface area contributed by atoms with Crippen LogP contribution >= 0.6 is 22.9 Å². The number of ether oxygens (including phenoxy) is 1. The summed E-state index contributed by atoms with van der Waals surface area (Å²) in [6.07, 6.45) is 1.62. The van der Waals surface area contributed by atoms with Gasteiger partial charge in [-0.05, 0) is 42.8 Å². The first-order chi connectivity index (χ1) is 14.0. The molecule has 29 heavy (non-hydrogen) atoms. The second-order valence-corrected chi connectivity index (χ2v) is 7.48. The van der Waals surface area contributed by atoms with Crippen molar-refractivity contribution >= 4 is 50.6 Å². The minimum absolute atomic E-state index is 0.165. The van der Waals surface area contributed by atoms with Gasteiger partial charge in [-0.25, -0.2) is 9.98 Å². The lowest BCUT2D eigenvalue weighted by molar-refractivity contribution is 0.102. The number of rotatable bonds is 4. The Morgan fingerprint density at radius 3 is 2.86 bits per heavy atom. The summed E-state index contributed by atoms with van der Waals surface area (Å²) in [5, 5.41) is 6.42. The number of hydrogen-bond donors (Lipinski definition) is 1. The first-order valence-corrected chi connectivity index (χ1v) is 9.93. The summed E-state index contributed by atoms with van der Waals surface area (Å²) in [5.74, 6) is 0.191. The van der Waals surface area contributed by atoms with E-state index in [0.29, 0.717) is 27.2 Å². The molecule has 1 amide bonds. The van der Waals surface area contributed by atoms with Gasteiger partial charge in [0.1, 0.15) is 5.56 Å². The highest BCUT2D eigenvalue weighted by Crippen LogP contribution is 2.26. The Bertz CT molecular complexity index is 1270. The summed E-state index contributed by atoms with van der Waals surface area (Å²) in [7, 11) is 1.56. The summed E-state index contributed by atoms with van der Waals surface area (Å²) in [6, 6.07) is 12.5. The average Bonchev–Trinajstić information content (AvgIpc) is 3.22. The highest BCUT2D eigenvalue weighted by molar-refractivity contribution is 7.13. The Balaban J connectivity index is 1.92. The van der Waals surface area contributed by atoms with Gasteiger partial charge < -0.3 is 9.15 Å². The van der Waals surface area contributed by atoms with E-state index in [1.165, 1.54) is 11.3 Å². The van der Waals surface area contributed by atoms with Crippen LogP contribution in [0.5, 0.6) is 5.75 Å². The molecule has 2 heterocycles. The second kappa shape index (κ2) is 8.06. The Labute approximate surface area is 175 Å². The summed E-state index contributed by atoms with van der Waals surface area (Å²) >= 11 is 7.44. The number of aromatic nitrogens is 1. The normalized spacial score (nSPS) is 11.6. The molecule has 1 N–H and O–H groups in total. The van der Waals surface area contributed by atoms with Crippen LogP contribution in [0.2, 0.25) is 5.02 Å². The van der Waals surface area contributed by atoms with Crippen LogP contribution in [0.1, 0.15) is 15.9 Å². The molecule has 4 aromatic rings. The third-order valence-electron chi connectivity index (χ3n) is 4.23. The van der Waals surface area contributed by atoms with Gasteiger partial charge in [0.05, 0.1) is 12.8 Å². The lowest BCUT2D eigenvalue weighted by atomic mass is 10.1. The lowest BCUT2D eigenvalue weighted by Crippen LogP contribution is -2.21. The van der Waals surface area contributed by atoms with Crippen LogP contribution in [0.3, 0.4) is 0 Å². The van der Waals surface area contributed by atoms with Crippen LogP contribution in [-0.4, -0.2) is 18.0 Å². The van der Waals surface area contributed by atoms with Crippen LogP contribution < -0.4 is 15.6 Å². The maximum atomic E-state index is 12.9. The van der Waals surface area contributed by atoms with Crippen molar-refractivity contribution in [1.82, 2.24) is 4.98 Å². The maximum Gasteiger partial charge on any atom is 0.262 e. The number of carbonyl (C=O) groups is 1. The number of amides is 1. The van der Waals surface area contributed by atoms with Crippen LogP contribution in [0.4, 0.5) is 10.8 Å². The van der Waals surface area contributed by atoms with E-state index in [2.05, 4.69) is 15.3 Å². The monoisotopic (exact) mass is 425 g/mol. The fourth-order valence-electron chi connectivity index (χ4n) is 2.80. The number of anilines is 1. The summed E-state index contributed by atoms with van der Waals surface area (Å²) in [4.78, 5) is 21.6. The van der Waals surface area contributed by atoms with E-state index in [1.54, 1.807) is 43.0 Å². The SMILES string of the molecule is COc1cccc2cc(C(=O)Nc3nccs3)c(=Nc3ccc(Cl)c(C)c3)oc12. The number of methoxy groups -OCH3 is 1. The molecule has 0 unspecified atom stereocenters. The van der Waals surface area contributed by atoms with Gasteiger partial charge in [-0.3, -0.25) is 10.1 Å². The van der Waals surface area contributed by atoms with Crippen molar-refractivity contribution < 1.29 is 13.9 Å². The average molecular weight is 426 g/mol. The molecule has 0 aliphatic heterocycles. The Morgan fingerprint density at radius 2 is 2.14 bits per heavy atom. The number of halogens is 1. The van der Waals surface area contributed by atoms with Gasteiger partial charge in [0.25, 0.3) is 5.91 Å². The summed E-state index contributed by atoms with van der Waals surface area (Å²) < 4.78 is 11.4. The van der Waals surface area contributed by atoms with Crippen molar-refractivity contribution in [2.24, 2.45) is 4.99 Å². The smallest absolute Gasteiger partial charge is 0.262 e. The topological polar surface area (TPSA) is 76.7 Å². The molecule has 0 bridgehead atoms. The highest BCUT2D eigenvalue weighted by atomic mass is 35.5. The number of carbonyl (C=O) groups excluding carboxylic acids is 1. The van der Waals surface area contributed by atoms with Gasteiger partial charge in [0, 0.05) is 22.0 Å². The number of fused-ring (bicyclic) bond motifs is 1. The molecular formula is C21H16ClN3O3S. The van der Waals surface area contributed by atoms with Crippen LogP contribution in [0.25, 0.3) is 11.0 Å². The van der Waals surface area contributed by atoms with E-state index in [4.69, 9.17) is 20.8 Å². The summed E-state index contributed by atoms with van der Waals surface area (Å²) in [6.45, 7) is 1.89. The van der Waals surface area contributed by atoms with E-state index in [0.717, 1.165) is 10.9 Å². The van der Waals surface area contributed by atoms with Crippen LogP contribution in [0.15, 0.2) is 63.5 Å². The first kappa shape index (κ1) is 19.2. The number of hydrogen-bond acceptors (Lipinski definition) is 6. The Morgan fingerprint density at radius 1 is 1.28 bits per heavy atom. The van der Waals surface area contributed by atoms with Crippen molar-refractivity contribution in [3.05, 3.63) is 75.7 Å². The molecule has 0 atom stereocenters. The quantitative estimate of drug-likeness (QED) is 0.478. The zero-order valence-electron chi connectivity index (χ0n) is 15.6. The molecule has 0 spiro atoms. The number of thiazole rings is 1. The van der Waals surface area contributed by atoms with E-state index in [-0.39, 0.29) is 17.0 Å². The Hall–Kier alpha value is -3.16. The predicted octanol–water partition coefficient (Wildman–Crippen LogP) is 5.34. The number of nitrogens with one attached hydrogen (secondary N) is 1. The number of para-hydroxylation sites is 1. The van der Waals surface area contributed by atoms with Crippen molar-refractivity contribution in [1.29, 1.82) is 0 Å². The van der Waals surface area contributed by atoms with Gasteiger partial charge in [-0.15, -0.1) is 11.3 Å². The van der Waals surface area contributed by atoms with E-state index < -0.39 is 0 Å². The van der Waals surface area contributed by atoms with Crippen LogP contribution in [-0.2, 0) is 0 Å². The number of nitrogens with zero attached hydrogens (tertiary/aromatic N) is 2. The number of benzene rings is 2. The van der Waals surface area contributed by atoms with Crippen molar-refractivity contribution in [3.63, 3.8) is 0 Å². The van der Waals surface area contributed by atoms with Gasteiger partial charge in [-0.1, -0.05) is 23.7 Å². The molecule has 6 nitrogen and oxygen atoms in total. The minimum Gasteiger partial charge on any atom is -0.493 e. The molecule has 0 aliphatic carbocycles. The van der Waals surface area contributed by atoms with Gasteiger partial charge >= 0.3 is 0 Å². The standard InChI is InChI=1S/C21H16ClN3O3S/c1-12-10-14(6-7-16(12)22)24-20-15(19(26)25-21-23-8-9-29-21)11-13-4-3-5-17(27-2)18(13)28-20/h3-11H,1-2H3,(H,23,25,26). The second-order valence-electron chi connectivity index (χ2n) is 6.18. The summed E-state index contributed by atoms with van der Waals surface area (Å²) in [5.41, 5.74) is 2.45. The fourth-order valence-corrected chi connectivity index (χ4v) is 3.44. The molecule has 0 saturated carbocycles. The lowest BCUT2D eigenvalue weighted by Gasteiger charge is -2.08. The van der Waals surface area contributed by atoms with Crippen LogP contribution in [0, 0.1) is 6.92 Å². The Kier molecular flexibility index (Phi) is 5.33. The molecule has 0 radical (unpaired) electrons. The van der Waals surface area contributed by atoms with E-state index >= 15 is 0 Å². The first-order valence-electron chi connectivity index (χ1n) is 8.68. The fraction of sp³-hybridized carbons (Fsp3) is 0.0952. The van der Waals surface area contributed by atoms with Gasteiger partial charge in [-0.2, -0.15) is 0 Å². The van der Waals surface area contributed by atoms with E-state index in [1.807, 2.05) is 25.1 Å². The van der Waals surface area contributed by atoms with Crippen molar-refractivity contribution in [3.8, 4) is 5.75 Å². The number of aryl methyl sites for hydroxylation is 1. The molecule has 0 saturated heterocycles. The largest absolute Gasteiger partial charge is 0.493 e. The molecule has 2 aromatic heterocycles. The van der Waals surface area contributed by atoms with E-state index in [9.17, 15) is 4.79 Å². The third kappa shape index (κ3) is 4.01. The molecule has 146 valence electrons. The molecule has 0 aliphatic rings. The molecule has 0 fully saturated rings. The molecular weight excluding hydrogens is 410 g/mol. The third-order valence-corrected chi connectivity index (χ3v) is 5.34. The molecule has 8 heteroatoms.